The van der Waals surface area contributed by atoms with Gasteiger partial charge >= 0.3 is 5.97 Å². The van der Waals surface area contributed by atoms with Gasteiger partial charge in [-0.2, -0.15) is 0 Å². The summed E-state index contributed by atoms with van der Waals surface area (Å²) in [6, 6.07) is 3.97. The van der Waals surface area contributed by atoms with Crippen LogP contribution in [0, 0.1) is 0 Å². The maximum absolute atomic E-state index is 11.3. The van der Waals surface area contributed by atoms with E-state index < -0.39 is 5.97 Å². The van der Waals surface area contributed by atoms with Gasteiger partial charge in [0.25, 0.3) is 0 Å². The summed E-state index contributed by atoms with van der Waals surface area (Å²) >= 11 is 0. The Hall–Kier alpha value is -1.77. The highest BCUT2D eigenvalue weighted by atomic mass is 16.5. The largest absolute Gasteiger partial charge is 0.507 e. The topological polar surface area (TPSA) is 46.5 Å². The summed E-state index contributed by atoms with van der Waals surface area (Å²) < 4.78 is 4.60. The summed E-state index contributed by atoms with van der Waals surface area (Å²) in [5.41, 5.74) is 2.41. The molecule has 0 amide bonds. The zero-order valence-electron chi connectivity index (χ0n) is 14.1. The molecule has 0 radical (unpaired) electrons. The number of ether oxygens (including phenoxy) is 1. The minimum atomic E-state index is -0.437. The predicted molar refractivity (Wildman–Crippen MR) is 86.6 cm³/mol. The van der Waals surface area contributed by atoms with Crippen LogP contribution in [0.3, 0.4) is 0 Å². The molecule has 1 aromatic rings. The predicted octanol–water partition coefficient (Wildman–Crippen LogP) is 4.17. The van der Waals surface area contributed by atoms with Crippen molar-refractivity contribution < 1.29 is 14.6 Å². The SMILES string of the molecule is COC(=O)/C=C/c1cc(C(C)(C)C)cc(C(C)(C)C)c1O. The van der Waals surface area contributed by atoms with Gasteiger partial charge in [-0.3, -0.25) is 0 Å². The van der Waals surface area contributed by atoms with Crippen LogP contribution in [0.25, 0.3) is 6.08 Å². The number of phenols is 1. The first kappa shape index (κ1) is 17.3. The Balaban J connectivity index is 3.49. The number of rotatable bonds is 2. The van der Waals surface area contributed by atoms with Crippen LogP contribution in [0.5, 0.6) is 5.75 Å². The first-order valence-corrected chi connectivity index (χ1v) is 7.11. The van der Waals surface area contributed by atoms with Gasteiger partial charge < -0.3 is 9.84 Å². The van der Waals surface area contributed by atoms with Gasteiger partial charge in [0, 0.05) is 17.2 Å². The number of hydrogen-bond donors (Lipinski definition) is 1. The molecule has 3 nitrogen and oxygen atoms in total. The van der Waals surface area contributed by atoms with Gasteiger partial charge in [-0.1, -0.05) is 47.6 Å². The molecule has 0 saturated carbocycles. The summed E-state index contributed by atoms with van der Waals surface area (Å²) in [5, 5.41) is 10.5. The van der Waals surface area contributed by atoms with Crippen molar-refractivity contribution in [2.45, 2.75) is 52.4 Å². The Morgan fingerprint density at radius 2 is 1.67 bits per heavy atom. The third-order valence-electron chi connectivity index (χ3n) is 3.41. The van der Waals surface area contributed by atoms with Crippen molar-refractivity contribution in [1.82, 2.24) is 0 Å². The van der Waals surface area contributed by atoms with E-state index in [0.29, 0.717) is 5.56 Å². The van der Waals surface area contributed by atoms with Crippen LogP contribution in [-0.2, 0) is 20.4 Å². The summed E-state index contributed by atoms with van der Waals surface area (Å²) in [6.07, 6.45) is 2.93. The van der Waals surface area contributed by atoms with Crippen molar-refractivity contribution in [3.05, 3.63) is 34.9 Å². The summed E-state index contributed by atoms with van der Waals surface area (Å²) in [6.45, 7) is 12.5. The molecule has 1 rings (SSSR count). The number of esters is 1. The lowest BCUT2D eigenvalue weighted by Gasteiger charge is -2.27. The number of benzene rings is 1. The maximum atomic E-state index is 11.3. The zero-order valence-corrected chi connectivity index (χ0v) is 14.1. The molecule has 0 bridgehead atoms. The van der Waals surface area contributed by atoms with E-state index in [2.05, 4.69) is 46.3 Å². The monoisotopic (exact) mass is 290 g/mol. The molecule has 0 heterocycles. The third-order valence-corrected chi connectivity index (χ3v) is 3.41. The second kappa shape index (κ2) is 5.92. The molecule has 1 aromatic carbocycles. The minimum absolute atomic E-state index is 0.0401. The molecule has 21 heavy (non-hydrogen) atoms. The molecular weight excluding hydrogens is 264 g/mol. The second-order valence-corrected chi connectivity index (χ2v) is 7.32. The highest BCUT2D eigenvalue weighted by Gasteiger charge is 2.24. The molecule has 0 fully saturated rings. The van der Waals surface area contributed by atoms with Crippen LogP contribution in [-0.4, -0.2) is 18.2 Å². The van der Waals surface area contributed by atoms with Crippen molar-refractivity contribution in [2.24, 2.45) is 0 Å². The molecule has 0 unspecified atom stereocenters. The highest BCUT2D eigenvalue weighted by Crippen LogP contribution is 2.38. The molecule has 0 atom stereocenters. The number of methoxy groups -OCH3 is 1. The number of carbonyl (C=O) groups is 1. The van der Waals surface area contributed by atoms with Gasteiger partial charge in [-0.15, -0.1) is 0 Å². The lowest BCUT2D eigenvalue weighted by Crippen LogP contribution is -2.17. The molecular formula is C18H26O3. The van der Waals surface area contributed by atoms with Crippen LogP contribution in [0.4, 0.5) is 0 Å². The average Bonchev–Trinajstić information content (AvgIpc) is 2.34. The van der Waals surface area contributed by atoms with Gasteiger partial charge in [0.15, 0.2) is 0 Å². The van der Waals surface area contributed by atoms with Crippen molar-refractivity contribution in [3.8, 4) is 5.75 Å². The fourth-order valence-corrected chi connectivity index (χ4v) is 2.01. The Bertz CT molecular complexity index is 555. The smallest absolute Gasteiger partial charge is 0.330 e. The van der Waals surface area contributed by atoms with Crippen LogP contribution in [0.15, 0.2) is 18.2 Å². The van der Waals surface area contributed by atoms with Crippen LogP contribution < -0.4 is 0 Å². The lowest BCUT2D eigenvalue weighted by atomic mass is 9.79. The quantitative estimate of drug-likeness (QED) is 0.656. The molecule has 116 valence electrons. The van der Waals surface area contributed by atoms with E-state index >= 15 is 0 Å². The van der Waals surface area contributed by atoms with Crippen molar-refractivity contribution in [3.63, 3.8) is 0 Å². The first-order chi connectivity index (χ1) is 9.46. The van der Waals surface area contributed by atoms with E-state index in [1.165, 1.54) is 13.2 Å². The molecule has 1 N–H and O–H groups in total. The number of aromatic hydroxyl groups is 1. The Morgan fingerprint density at radius 1 is 1.10 bits per heavy atom. The summed E-state index contributed by atoms with van der Waals surface area (Å²) in [4.78, 5) is 11.3. The van der Waals surface area contributed by atoms with Gasteiger partial charge in [0.05, 0.1) is 7.11 Å². The fourth-order valence-electron chi connectivity index (χ4n) is 2.01. The number of hydrogen-bond acceptors (Lipinski definition) is 3. The standard InChI is InChI=1S/C18H26O3/c1-17(2,3)13-10-12(8-9-15(19)21-7)16(20)14(11-13)18(4,5)6/h8-11,20H,1-7H3/b9-8+. The number of phenolic OH excluding ortho intramolecular Hbond substituents is 1. The van der Waals surface area contributed by atoms with E-state index in [0.717, 1.165) is 11.1 Å². The van der Waals surface area contributed by atoms with E-state index in [4.69, 9.17) is 0 Å². The Morgan fingerprint density at radius 3 is 2.10 bits per heavy atom. The normalized spacial score (nSPS) is 12.7. The molecule has 0 saturated heterocycles. The van der Waals surface area contributed by atoms with Crippen LogP contribution in [0.2, 0.25) is 0 Å². The van der Waals surface area contributed by atoms with E-state index in [1.807, 2.05) is 12.1 Å². The number of carbonyl (C=O) groups excluding carboxylic acids is 1. The molecule has 3 heteroatoms. The molecule has 0 aliphatic carbocycles. The van der Waals surface area contributed by atoms with E-state index in [-0.39, 0.29) is 16.6 Å². The fraction of sp³-hybridized carbons (Fsp3) is 0.500. The van der Waals surface area contributed by atoms with Crippen LogP contribution >= 0.6 is 0 Å². The van der Waals surface area contributed by atoms with Gasteiger partial charge in [0.2, 0.25) is 0 Å². The Kier molecular flexibility index (Phi) is 4.87. The van der Waals surface area contributed by atoms with E-state index in [9.17, 15) is 9.90 Å². The average molecular weight is 290 g/mol. The maximum Gasteiger partial charge on any atom is 0.330 e. The van der Waals surface area contributed by atoms with Crippen molar-refractivity contribution >= 4 is 12.0 Å². The van der Waals surface area contributed by atoms with E-state index in [1.54, 1.807) is 6.08 Å². The Labute approximate surface area is 127 Å². The first-order valence-electron chi connectivity index (χ1n) is 7.11. The van der Waals surface area contributed by atoms with Gasteiger partial charge in [-0.05, 0) is 28.5 Å². The summed E-state index contributed by atoms with van der Waals surface area (Å²) in [7, 11) is 1.33. The zero-order chi connectivity index (χ0) is 16.4. The molecule has 0 aliphatic rings. The van der Waals surface area contributed by atoms with Crippen LogP contribution in [0.1, 0.15) is 58.2 Å². The molecule has 0 aliphatic heterocycles. The lowest BCUT2D eigenvalue weighted by molar-refractivity contribution is -0.134. The van der Waals surface area contributed by atoms with Crippen molar-refractivity contribution in [2.75, 3.05) is 7.11 Å². The van der Waals surface area contributed by atoms with Gasteiger partial charge in [-0.25, -0.2) is 4.79 Å². The minimum Gasteiger partial charge on any atom is -0.507 e. The third kappa shape index (κ3) is 4.35. The van der Waals surface area contributed by atoms with Gasteiger partial charge in [0.1, 0.15) is 5.75 Å². The van der Waals surface area contributed by atoms with Crippen molar-refractivity contribution in [1.29, 1.82) is 0 Å². The second-order valence-electron chi connectivity index (χ2n) is 7.32. The molecule has 0 spiro atoms. The summed E-state index contributed by atoms with van der Waals surface area (Å²) in [5.74, 6) is -0.219. The molecule has 0 aromatic heterocycles. The highest BCUT2D eigenvalue weighted by molar-refractivity contribution is 5.87.